The third-order valence-corrected chi connectivity index (χ3v) is 3.76. The summed E-state index contributed by atoms with van der Waals surface area (Å²) >= 11 is 0. The molecule has 0 bridgehead atoms. The van der Waals surface area contributed by atoms with Gasteiger partial charge in [-0.05, 0) is 25.8 Å². The Balaban J connectivity index is 1.87. The molecule has 1 fully saturated rings. The molecule has 1 saturated heterocycles. The van der Waals surface area contributed by atoms with E-state index in [0.717, 1.165) is 0 Å². The molecule has 2 amide bonds. The summed E-state index contributed by atoms with van der Waals surface area (Å²) in [6.07, 6.45) is -0.247. The van der Waals surface area contributed by atoms with Crippen molar-refractivity contribution in [3.05, 3.63) is 35.9 Å². The van der Waals surface area contributed by atoms with Crippen LogP contribution in [0.4, 0.5) is 0 Å². The Morgan fingerprint density at radius 3 is 2.62 bits per heavy atom. The number of benzene rings is 1. The third kappa shape index (κ3) is 3.82. The first kappa shape index (κ1) is 15.5. The molecule has 5 heteroatoms. The molecule has 1 aliphatic rings. The van der Waals surface area contributed by atoms with Gasteiger partial charge in [-0.1, -0.05) is 30.3 Å². The van der Waals surface area contributed by atoms with Gasteiger partial charge < -0.3 is 15.3 Å². The molecule has 0 radical (unpaired) electrons. The number of carbonyl (C=O) groups excluding carboxylic acids is 2. The van der Waals surface area contributed by atoms with Crippen LogP contribution in [-0.2, 0) is 9.59 Å². The lowest BCUT2D eigenvalue weighted by Crippen LogP contribution is -2.43. The van der Waals surface area contributed by atoms with E-state index in [0.29, 0.717) is 18.5 Å². The molecular weight excluding hydrogens is 268 g/mol. The smallest absolute Gasteiger partial charge is 0.245 e. The van der Waals surface area contributed by atoms with Crippen molar-refractivity contribution in [1.29, 1.82) is 0 Å². The van der Waals surface area contributed by atoms with Crippen LogP contribution < -0.4 is 5.32 Å². The lowest BCUT2D eigenvalue weighted by molar-refractivity contribution is -0.134. The molecule has 1 aromatic carbocycles. The molecule has 2 unspecified atom stereocenters. The first-order chi connectivity index (χ1) is 9.99. The summed E-state index contributed by atoms with van der Waals surface area (Å²) in [4.78, 5) is 25.8. The standard InChI is InChI=1S/C16H22N2O3/c1-11(2)18-9-8-13(16(18)21)17-15(20)10-14(19)12-6-4-3-5-7-12/h3-7,11,13-14,19H,8-10H2,1-2H3,(H,17,20). The molecule has 114 valence electrons. The Morgan fingerprint density at radius 1 is 1.38 bits per heavy atom. The SMILES string of the molecule is CC(C)N1CCC(NC(=O)CC(O)c2ccccc2)C1=O. The Morgan fingerprint density at radius 2 is 2.05 bits per heavy atom. The minimum absolute atomic E-state index is 0.0323. The maximum Gasteiger partial charge on any atom is 0.245 e. The number of carbonyl (C=O) groups is 2. The quantitative estimate of drug-likeness (QED) is 0.857. The summed E-state index contributed by atoms with van der Waals surface area (Å²) in [7, 11) is 0. The second kappa shape index (κ2) is 6.72. The average molecular weight is 290 g/mol. The van der Waals surface area contributed by atoms with Crippen molar-refractivity contribution in [3.63, 3.8) is 0 Å². The topological polar surface area (TPSA) is 69.6 Å². The van der Waals surface area contributed by atoms with Gasteiger partial charge in [0.05, 0.1) is 12.5 Å². The number of hydrogen-bond donors (Lipinski definition) is 2. The van der Waals surface area contributed by atoms with Gasteiger partial charge in [0.2, 0.25) is 11.8 Å². The van der Waals surface area contributed by atoms with Crippen LogP contribution in [0.1, 0.15) is 38.4 Å². The molecule has 2 atom stereocenters. The van der Waals surface area contributed by atoms with Crippen LogP contribution in [0.25, 0.3) is 0 Å². The average Bonchev–Trinajstić information content (AvgIpc) is 2.81. The monoisotopic (exact) mass is 290 g/mol. The van der Waals surface area contributed by atoms with Gasteiger partial charge in [-0.2, -0.15) is 0 Å². The molecule has 1 heterocycles. The van der Waals surface area contributed by atoms with Gasteiger partial charge in [-0.15, -0.1) is 0 Å². The minimum Gasteiger partial charge on any atom is -0.388 e. The molecule has 0 saturated carbocycles. The zero-order chi connectivity index (χ0) is 15.4. The Bertz CT molecular complexity index is 502. The fourth-order valence-electron chi connectivity index (χ4n) is 2.57. The predicted octanol–water partition coefficient (Wildman–Crippen LogP) is 1.24. The van der Waals surface area contributed by atoms with E-state index in [9.17, 15) is 14.7 Å². The highest BCUT2D eigenvalue weighted by Gasteiger charge is 2.34. The van der Waals surface area contributed by atoms with Crippen LogP contribution in [0.3, 0.4) is 0 Å². The summed E-state index contributed by atoms with van der Waals surface area (Å²) in [5, 5.41) is 12.7. The number of hydrogen-bond acceptors (Lipinski definition) is 3. The molecule has 0 aliphatic carbocycles. The van der Waals surface area contributed by atoms with E-state index in [1.807, 2.05) is 32.0 Å². The van der Waals surface area contributed by atoms with Crippen molar-refractivity contribution < 1.29 is 14.7 Å². The van der Waals surface area contributed by atoms with Crippen molar-refractivity contribution in [1.82, 2.24) is 10.2 Å². The van der Waals surface area contributed by atoms with Crippen molar-refractivity contribution in [2.24, 2.45) is 0 Å². The van der Waals surface area contributed by atoms with E-state index in [1.54, 1.807) is 17.0 Å². The first-order valence-corrected chi connectivity index (χ1v) is 7.32. The van der Waals surface area contributed by atoms with Gasteiger partial charge in [0.15, 0.2) is 0 Å². The van der Waals surface area contributed by atoms with Crippen molar-refractivity contribution in [3.8, 4) is 0 Å². The summed E-state index contributed by atoms with van der Waals surface area (Å²) in [6.45, 7) is 4.59. The zero-order valence-electron chi connectivity index (χ0n) is 12.5. The van der Waals surface area contributed by atoms with E-state index in [-0.39, 0.29) is 24.3 Å². The van der Waals surface area contributed by atoms with Gasteiger partial charge in [0, 0.05) is 12.6 Å². The van der Waals surface area contributed by atoms with Crippen LogP contribution in [-0.4, -0.2) is 40.4 Å². The van der Waals surface area contributed by atoms with E-state index in [1.165, 1.54) is 0 Å². The highest BCUT2D eigenvalue weighted by Crippen LogP contribution is 2.18. The van der Waals surface area contributed by atoms with Gasteiger partial charge in [-0.3, -0.25) is 9.59 Å². The highest BCUT2D eigenvalue weighted by atomic mass is 16.3. The summed E-state index contributed by atoms with van der Waals surface area (Å²) < 4.78 is 0. The molecule has 0 spiro atoms. The number of aliphatic hydroxyl groups excluding tert-OH is 1. The van der Waals surface area contributed by atoms with Gasteiger partial charge in [-0.25, -0.2) is 0 Å². The Labute approximate surface area is 125 Å². The van der Waals surface area contributed by atoms with E-state index < -0.39 is 12.1 Å². The van der Waals surface area contributed by atoms with E-state index in [2.05, 4.69) is 5.32 Å². The molecule has 2 rings (SSSR count). The summed E-state index contributed by atoms with van der Waals surface area (Å²) in [5.74, 6) is -0.331. The molecule has 5 nitrogen and oxygen atoms in total. The fraction of sp³-hybridized carbons (Fsp3) is 0.500. The lowest BCUT2D eigenvalue weighted by atomic mass is 10.1. The second-order valence-corrected chi connectivity index (χ2v) is 5.66. The van der Waals surface area contributed by atoms with Gasteiger partial charge in [0.1, 0.15) is 6.04 Å². The number of nitrogens with zero attached hydrogens (tertiary/aromatic N) is 1. The molecule has 0 aromatic heterocycles. The van der Waals surface area contributed by atoms with Crippen LogP contribution in [0.15, 0.2) is 30.3 Å². The van der Waals surface area contributed by atoms with E-state index in [4.69, 9.17) is 0 Å². The molecule has 1 aliphatic heterocycles. The Hall–Kier alpha value is -1.88. The fourth-order valence-corrected chi connectivity index (χ4v) is 2.57. The summed E-state index contributed by atoms with van der Waals surface area (Å²) in [5.41, 5.74) is 0.703. The highest BCUT2D eigenvalue weighted by molar-refractivity contribution is 5.89. The first-order valence-electron chi connectivity index (χ1n) is 7.32. The zero-order valence-corrected chi connectivity index (χ0v) is 12.5. The van der Waals surface area contributed by atoms with Crippen molar-refractivity contribution in [2.75, 3.05) is 6.54 Å². The largest absolute Gasteiger partial charge is 0.388 e. The summed E-state index contributed by atoms with van der Waals surface area (Å²) in [6, 6.07) is 8.73. The predicted molar refractivity (Wildman–Crippen MR) is 79.4 cm³/mol. The van der Waals surface area contributed by atoms with Crippen LogP contribution in [0.5, 0.6) is 0 Å². The van der Waals surface area contributed by atoms with Crippen molar-refractivity contribution in [2.45, 2.75) is 44.9 Å². The molecule has 2 N–H and O–H groups in total. The van der Waals surface area contributed by atoms with E-state index >= 15 is 0 Å². The Kier molecular flexibility index (Phi) is 4.96. The molecule has 21 heavy (non-hydrogen) atoms. The van der Waals surface area contributed by atoms with Gasteiger partial charge in [0.25, 0.3) is 0 Å². The number of amides is 2. The van der Waals surface area contributed by atoms with Crippen LogP contribution in [0.2, 0.25) is 0 Å². The van der Waals surface area contributed by atoms with Crippen molar-refractivity contribution >= 4 is 11.8 Å². The maximum absolute atomic E-state index is 12.1. The minimum atomic E-state index is -0.844. The number of rotatable bonds is 5. The second-order valence-electron chi connectivity index (χ2n) is 5.66. The number of aliphatic hydroxyl groups is 1. The number of nitrogens with one attached hydrogen (secondary N) is 1. The normalized spacial score (nSPS) is 19.9. The third-order valence-electron chi connectivity index (χ3n) is 3.76. The molecular formula is C16H22N2O3. The molecule has 1 aromatic rings. The lowest BCUT2D eigenvalue weighted by Gasteiger charge is -2.21. The number of likely N-dealkylation sites (tertiary alicyclic amines) is 1. The van der Waals surface area contributed by atoms with Crippen LogP contribution in [0, 0.1) is 0 Å². The van der Waals surface area contributed by atoms with Crippen LogP contribution >= 0.6 is 0 Å². The van der Waals surface area contributed by atoms with Gasteiger partial charge >= 0.3 is 0 Å². The maximum atomic E-state index is 12.1.